The Morgan fingerprint density at radius 2 is 2.33 bits per heavy atom. The summed E-state index contributed by atoms with van der Waals surface area (Å²) in [5.74, 6) is 0.313. The molecule has 0 aliphatic heterocycles. The molecule has 0 aromatic carbocycles. The highest BCUT2D eigenvalue weighted by Crippen LogP contribution is 1.94. The molecule has 0 aliphatic carbocycles. The Balaban J connectivity index is 3.84. The van der Waals surface area contributed by atoms with E-state index in [1.54, 1.807) is 19.2 Å². The van der Waals surface area contributed by atoms with Gasteiger partial charge in [-0.2, -0.15) is 0 Å². The Bertz CT molecular complexity index is 118. The summed E-state index contributed by atoms with van der Waals surface area (Å²) in [7, 11) is 1.79. The van der Waals surface area contributed by atoms with Crippen LogP contribution in [0.2, 0.25) is 0 Å². The van der Waals surface area contributed by atoms with Crippen LogP contribution in [0.25, 0.3) is 0 Å². The molecule has 0 heterocycles. The van der Waals surface area contributed by atoms with E-state index in [4.69, 9.17) is 5.11 Å². The van der Waals surface area contributed by atoms with Gasteiger partial charge in [-0.3, -0.25) is 0 Å². The van der Waals surface area contributed by atoms with Crippen molar-refractivity contribution < 1.29 is 5.11 Å². The van der Waals surface area contributed by atoms with Crippen LogP contribution >= 0.6 is 0 Å². The number of nitrogens with one attached hydrogen (secondary N) is 1. The van der Waals surface area contributed by atoms with Crippen LogP contribution in [0.4, 0.5) is 0 Å². The highest BCUT2D eigenvalue weighted by Gasteiger charge is 1.99. The van der Waals surface area contributed by atoms with Crippen molar-refractivity contribution in [2.24, 2.45) is 0 Å². The van der Waals surface area contributed by atoms with Crippen molar-refractivity contribution in [3.05, 3.63) is 24.5 Å². The number of allylic oxidation sites excluding steroid dienone is 2. The quantitative estimate of drug-likeness (QED) is 0.441. The summed E-state index contributed by atoms with van der Waals surface area (Å²) in [6.45, 7) is 5.32. The molecule has 0 amide bonds. The molecular weight excluding hydrogens is 114 g/mol. The predicted octanol–water partition coefficient (Wildman–Crippen LogP) is 1.22. The fourth-order valence-corrected chi connectivity index (χ4v) is 0.413. The highest BCUT2D eigenvalue weighted by atomic mass is 16.3. The van der Waals surface area contributed by atoms with Crippen molar-refractivity contribution in [3.8, 4) is 0 Å². The molecule has 0 spiro atoms. The molecular formula is C7H13NO. The molecule has 52 valence electrons. The lowest BCUT2D eigenvalue weighted by Crippen LogP contribution is -2.23. The van der Waals surface area contributed by atoms with E-state index in [0.29, 0.717) is 5.76 Å². The normalized spacial score (nSPS) is 15.1. The maximum absolute atomic E-state index is 9.05. The molecule has 0 aromatic heterocycles. The van der Waals surface area contributed by atoms with Crippen molar-refractivity contribution in [2.75, 3.05) is 7.05 Å². The lowest BCUT2D eigenvalue weighted by molar-refractivity contribution is 0.357. The fourth-order valence-electron chi connectivity index (χ4n) is 0.413. The van der Waals surface area contributed by atoms with Gasteiger partial charge in [0.25, 0.3) is 0 Å². The van der Waals surface area contributed by atoms with E-state index in [-0.39, 0.29) is 6.04 Å². The van der Waals surface area contributed by atoms with Crippen LogP contribution < -0.4 is 5.32 Å². The van der Waals surface area contributed by atoms with Crippen LogP contribution in [0.3, 0.4) is 0 Å². The molecule has 2 N–H and O–H groups in total. The van der Waals surface area contributed by atoms with Gasteiger partial charge in [0, 0.05) is 0 Å². The minimum Gasteiger partial charge on any atom is -0.511 e. The summed E-state index contributed by atoms with van der Waals surface area (Å²) in [6.07, 6.45) is 3.13. The van der Waals surface area contributed by atoms with Crippen LogP contribution in [-0.4, -0.2) is 18.2 Å². The molecule has 2 heteroatoms. The molecule has 0 aromatic rings. The second-order valence-corrected chi connectivity index (χ2v) is 1.84. The van der Waals surface area contributed by atoms with Gasteiger partial charge in [-0.05, 0) is 20.0 Å². The van der Waals surface area contributed by atoms with Gasteiger partial charge in [0.05, 0.1) is 6.04 Å². The molecule has 9 heavy (non-hydrogen) atoms. The minimum absolute atomic E-state index is 0.0167. The monoisotopic (exact) mass is 127 g/mol. The maximum Gasteiger partial charge on any atom is 0.109 e. The Kier molecular flexibility index (Phi) is 3.80. The third-order valence-electron chi connectivity index (χ3n) is 1.17. The van der Waals surface area contributed by atoms with Crippen molar-refractivity contribution in [1.82, 2.24) is 5.32 Å². The number of aliphatic hydroxyl groups excluding tert-OH is 1. The molecule has 0 bridgehead atoms. The summed E-state index contributed by atoms with van der Waals surface area (Å²) in [5.41, 5.74) is 0. The van der Waals surface area contributed by atoms with E-state index in [9.17, 15) is 0 Å². The van der Waals surface area contributed by atoms with Gasteiger partial charge < -0.3 is 10.4 Å². The number of aliphatic hydroxyl groups is 1. The average Bonchev–Trinajstić information content (AvgIpc) is 1.87. The molecule has 0 aliphatic rings. The van der Waals surface area contributed by atoms with Crippen molar-refractivity contribution in [1.29, 1.82) is 0 Å². The van der Waals surface area contributed by atoms with Gasteiger partial charge in [-0.15, -0.1) is 0 Å². The van der Waals surface area contributed by atoms with Gasteiger partial charge in [0.15, 0.2) is 0 Å². The summed E-state index contributed by atoms with van der Waals surface area (Å²) in [5, 5.41) is 11.9. The second-order valence-electron chi connectivity index (χ2n) is 1.84. The Morgan fingerprint density at radius 3 is 2.67 bits per heavy atom. The van der Waals surface area contributed by atoms with Gasteiger partial charge in [0.1, 0.15) is 5.76 Å². The standard InChI is InChI=1S/C7H13NO/c1-4-5-7(9)6(2)8-3/h4-6,8-9H,1H2,2-3H3/b7-5-. The van der Waals surface area contributed by atoms with Crippen LogP contribution in [0, 0.1) is 0 Å². The lowest BCUT2D eigenvalue weighted by Gasteiger charge is -2.06. The predicted molar refractivity (Wildman–Crippen MR) is 39.4 cm³/mol. The summed E-state index contributed by atoms with van der Waals surface area (Å²) in [4.78, 5) is 0. The van der Waals surface area contributed by atoms with Crippen molar-refractivity contribution >= 4 is 0 Å². The first-order chi connectivity index (χ1) is 4.22. The van der Waals surface area contributed by atoms with E-state index in [2.05, 4.69) is 11.9 Å². The molecule has 0 fully saturated rings. The second kappa shape index (κ2) is 4.15. The van der Waals surface area contributed by atoms with Gasteiger partial charge in [0.2, 0.25) is 0 Å². The smallest absolute Gasteiger partial charge is 0.109 e. The maximum atomic E-state index is 9.05. The molecule has 0 saturated heterocycles. The minimum atomic E-state index is 0.0167. The number of hydrogen-bond donors (Lipinski definition) is 2. The first kappa shape index (κ1) is 8.24. The molecule has 0 radical (unpaired) electrons. The third kappa shape index (κ3) is 2.93. The number of likely N-dealkylation sites (N-methyl/N-ethyl adjacent to an activating group) is 1. The Hall–Kier alpha value is -0.760. The molecule has 0 rings (SSSR count). The Morgan fingerprint density at radius 1 is 1.78 bits per heavy atom. The van der Waals surface area contributed by atoms with E-state index in [1.807, 2.05) is 6.92 Å². The highest BCUT2D eigenvalue weighted by molar-refractivity contribution is 5.07. The van der Waals surface area contributed by atoms with E-state index < -0.39 is 0 Å². The summed E-state index contributed by atoms with van der Waals surface area (Å²) >= 11 is 0. The zero-order chi connectivity index (χ0) is 7.28. The molecule has 1 unspecified atom stereocenters. The van der Waals surface area contributed by atoms with E-state index in [1.165, 1.54) is 0 Å². The van der Waals surface area contributed by atoms with Crippen LogP contribution in [-0.2, 0) is 0 Å². The zero-order valence-corrected chi connectivity index (χ0v) is 5.89. The molecule has 1 atom stereocenters. The van der Waals surface area contributed by atoms with Crippen LogP contribution in [0.1, 0.15) is 6.92 Å². The van der Waals surface area contributed by atoms with Gasteiger partial charge in [-0.25, -0.2) is 0 Å². The van der Waals surface area contributed by atoms with Gasteiger partial charge >= 0.3 is 0 Å². The Labute approximate surface area is 55.9 Å². The van der Waals surface area contributed by atoms with E-state index >= 15 is 0 Å². The SMILES string of the molecule is C=C/C=C(\O)C(C)NC. The number of hydrogen-bond acceptors (Lipinski definition) is 2. The first-order valence-corrected chi connectivity index (χ1v) is 2.91. The third-order valence-corrected chi connectivity index (χ3v) is 1.17. The largest absolute Gasteiger partial charge is 0.511 e. The van der Waals surface area contributed by atoms with Crippen LogP contribution in [0.5, 0.6) is 0 Å². The van der Waals surface area contributed by atoms with Crippen molar-refractivity contribution in [2.45, 2.75) is 13.0 Å². The molecule has 0 saturated carbocycles. The molecule has 2 nitrogen and oxygen atoms in total. The topological polar surface area (TPSA) is 32.3 Å². The lowest BCUT2D eigenvalue weighted by atomic mass is 10.2. The average molecular weight is 127 g/mol. The van der Waals surface area contributed by atoms with Crippen LogP contribution in [0.15, 0.2) is 24.5 Å². The summed E-state index contributed by atoms with van der Waals surface area (Å²) < 4.78 is 0. The van der Waals surface area contributed by atoms with E-state index in [0.717, 1.165) is 0 Å². The van der Waals surface area contributed by atoms with Gasteiger partial charge in [-0.1, -0.05) is 12.7 Å². The number of rotatable bonds is 3. The fraction of sp³-hybridized carbons (Fsp3) is 0.429. The first-order valence-electron chi connectivity index (χ1n) is 2.91. The summed E-state index contributed by atoms with van der Waals surface area (Å²) in [6, 6.07) is 0.0167. The zero-order valence-electron chi connectivity index (χ0n) is 5.89. The van der Waals surface area contributed by atoms with Crippen molar-refractivity contribution in [3.63, 3.8) is 0 Å².